The fourth-order valence-electron chi connectivity index (χ4n) is 3.48. The van der Waals surface area contributed by atoms with Gasteiger partial charge in [-0.25, -0.2) is 9.97 Å². The summed E-state index contributed by atoms with van der Waals surface area (Å²) in [5.41, 5.74) is 8.12. The van der Waals surface area contributed by atoms with Crippen LogP contribution in [0.4, 0.5) is 5.82 Å². The Bertz CT molecular complexity index is 1050. The summed E-state index contributed by atoms with van der Waals surface area (Å²) < 4.78 is 0. The van der Waals surface area contributed by atoms with Gasteiger partial charge in [0.2, 0.25) is 0 Å². The maximum absolute atomic E-state index is 12.1. The zero-order valence-corrected chi connectivity index (χ0v) is 16.5. The molecular formula is C20H19Cl2N5O. The average Bonchev–Trinajstić information content (AvgIpc) is 2.70. The number of carbonyl (C=O) groups excluding carboxylic acids is 1. The van der Waals surface area contributed by atoms with Crippen LogP contribution in [-0.2, 0) is 0 Å². The minimum absolute atomic E-state index is 0.262. The first kappa shape index (κ1) is 18.9. The van der Waals surface area contributed by atoms with Crippen LogP contribution in [0.5, 0.6) is 0 Å². The second kappa shape index (κ2) is 7.91. The number of hydrogen-bond donors (Lipinski definition) is 3. The van der Waals surface area contributed by atoms with E-state index in [-0.39, 0.29) is 6.04 Å². The number of carbonyl (C=O) groups is 1. The molecule has 0 bridgehead atoms. The molecule has 2 aromatic carbocycles. The highest BCUT2D eigenvalue weighted by molar-refractivity contribution is 6.42. The van der Waals surface area contributed by atoms with Crippen LogP contribution in [0.1, 0.15) is 23.2 Å². The maximum Gasteiger partial charge on any atom is 0.250 e. The quantitative estimate of drug-likeness (QED) is 0.601. The molecule has 2 heterocycles. The first-order valence-corrected chi connectivity index (χ1v) is 9.80. The Balaban J connectivity index is 1.86. The second-order valence-corrected chi connectivity index (χ2v) is 7.64. The molecular weight excluding hydrogens is 397 g/mol. The smallest absolute Gasteiger partial charge is 0.250 e. The van der Waals surface area contributed by atoms with Gasteiger partial charge in [-0.2, -0.15) is 0 Å². The zero-order chi connectivity index (χ0) is 19.7. The number of nitrogens with two attached hydrogens (primary N) is 1. The van der Waals surface area contributed by atoms with E-state index in [0.29, 0.717) is 26.9 Å². The summed E-state index contributed by atoms with van der Waals surface area (Å²) in [5.74, 6) is 0.138. The SMILES string of the molecule is NC(=O)c1cc(-c2ccc(Cl)c(Cl)c2)cc2c(N[C@H]3CCCNC3)ncnc12. The molecule has 6 nitrogen and oxygen atoms in total. The molecule has 1 aliphatic heterocycles. The van der Waals surface area contributed by atoms with Crippen molar-refractivity contribution in [2.45, 2.75) is 18.9 Å². The fraction of sp³-hybridized carbons (Fsp3) is 0.250. The second-order valence-electron chi connectivity index (χ2n) is 6.82. The van der Waals surface area contributed by atoms with Crippen molar-refractivity contribution < 1.29 is 4.79 Å². The van der Waals surface area contributed by atoms with Gasteiger partial charge in [0.1, 0.15) is 12.1 Å². The molecule has 0 radical (unpaired) electrons. The number of nitrogens with one attached hydrogen (secondary N) is 2. The van der Waals surface area contributed by atoms with Crippen molar-refractivity contribution in [1.82, 2.24) is 15.3 Å². The summed E-state index contributed by atoms with van der Waals surface area (Å²) in [6, 6.07) is 9.27. The van der Waals surface area contributed by atoms with Gasteiger partial charge in [-0.1, -0.05) is 29.3 Å². The number of hydrogen-bond acceptors (Lipinski definition) is 5. The molecule has 1 aromatic heterocycles. The molecule has 1 fully saturated rings. The first-order chi connectivity index (χ1) is 13.5. The van der Waals surface area contributed by atoms with E-state index >= 15 is 0 Å². The Kier molecular flexibility index (Phi) is 5.35. The van der Waals surface area contributed by atoms with Crippen molar-refractivity contribution >= 4 is 45.8 Å². The highest BCUT2D eigenvalue weighted by Crippen LogP contribution is 2.33. The number of benzene rings is 2. The van der Waals surface area contributed by atoms with Gasteiger partial charge in [0, 0.05) is 18.0 Å². The molecule has 144 valence electrons. The van der Waals surface area contributed by atoms with Gasteiger partial charge in [0.25, 0.3) is 5.91 Å². The highest BCUT2D eigenvalue weighted by atomic mass is 35.5. The van der Waals surface area contributed by atoms with Gasteiger partial charge in [0.05, 0.1) is 21.1 Å². The minimum atomic E-state index is -0.545. The van der Waals surface area contributed by atoms with Crippen LogP contribution in [0.25, 0.3) is 22.0 Å². The van der Waals surface area contributed by atoms with E-state index in [1.165, 1.54) is 6.33 Å². The van der Waals surface area contributed by atoms with Crippen molar-refractivity contribution in [2.24, 2.45) is 5.73 Å². The number of nitrogens with zero attached hydrogens (tertiary/aromatic N) is 2. The summed E-state index contributed by atoms with van der Waals surface area (Å²) in [6.07, 6.45) is 3.60. The van der Waals surface area contributed by atoms with Crippen LogP contribution in [-0.4, -0.2) is 35.0 Å². The third-order valence-corrected chi connectivity index (χ3v) is 5.63. The highest BCUT2D eigenvalue weighted by Gasteiger charge is 2.18. The van der Waals surface area contributed by atoms with Gasteiger partial charge in [0.15, 0.2) is 0 Å². The van der Waals surface area contributed by atoms with Crippen LogP contribution < -0.4 is 16.4 Å². The molecule has 3 aromatic rings. The predicted molar refractivity (Wildman–Crippen MR) is 113 cm³/mol. The Morgan fingerprint density at radius 1 is 1.14 bits per heavy atom. The van der Waals surface area contributed by atoms with E-state index in [0.717, 1.165) is 42.4 Å². The number of halogens is 2. The van der Waals surface area contributed by atoms with Crippen LogP contribution >= 0.6 is 23.2 Å². The lowest BCUT2D eigenvalue weighted by Gasteiger charge is -2.25. The largest absolute Gasteiger partial charge is 0.366 e. The van der Waals surface area contributed by atoms with Crippen molar-refractivity contribution in [3.8, 4) is 11.1 Å². The molecule has 4 rings (SSSR count). The summed E-state index contributed by atoms with van der Waals surface area (Å²) in [7, 11) is 0. The van der Waals surface area contributed by atoms with E-state index in [9.17, 15) is 4.79 Å². The molecule has 0 spiro atoms. The van der Waals surface area contributed by atoms with Gasteiger partial charge in [-0.3, -0.25) is 4.79 Å². The van der Waals surface area contributed by atoms with E-state index in [1.807, 2.05) is 12.1 Å². The lowest BCUT2D eigenvalue weighted by Crippen LogP contribution is -2.38. The van der Waals surface area contributed by atoms with Gasteiger partial charge < -0.3 is 16.4 Å². The van der Waals surface area contributed by atoms with Crippen LogP contribution in [0.3, 0.4) is 0 Å². The van der Waals surface area contributed by atoms with Crippen molar-refractivity contribution in [1.29, 1.82) is 0 Å². The van der Waals surface area contributed by atoms with Crippen molar-refractivity contribution in [2.75, 3.05) is 18.4 Å². The maximum atomic E-state index is 12.1. The first-order valence-electron chi connectivity index (χ1n) is 9.04. The Morgan fingerprint density at radius 3 is 2.71 bits per heavy atom. The lowest BCUT2D eigenvalue weighted by atomic mass is 9.99. The molecule has 1 saturated heterocycles. The third kappa shape index (κ3) is 3.76. The molecule has 1 aliphatic rings. The predicted octanol–water partition coefficient (Wildman–Crippen LogP) is 3.87. The molecule has 0 unspecified atom stereocenters. The average molecular weight is 416 g/mol. The Morgan fingerprint density at radius 2 is 2.00 bits per heavy atom. The van der Waals surface area contributed by atoms with Gasteiger partial charge in [-0.15, -0.1) is 0 Å². The lowest BCUT2D eigenvalue weighted by molar-refractivity contribution is 0.100. The topological polar surface area (TPSA) is 92.9 Å². The number of rotatable bonds is 4. The Labute approximate surface area is 172 Å². The number of amides is 1. The van der Waals surface area contributed by atoms with Crippen LogP contribution in [0.15, 0.2) is 36.7 Å². The fourth-order valence-corrected chi connectivity index (χ4v) is 3.78. The summed E-state index contributed by atoms with van der Waals surface area (Å²) >= 11 is 12.2. The van der Waals surface area contributed by atoms with Gasteiger partial charge in [-0.05, 0) is 54.8 Å². The molecule has 1 amide bonds. The minimum Gasteiger partial charge on any atom is -0.366 e. The number of anilines is 1. The number of piperidine rings is 1. The number of fused-ring (bicyclic) bond motifs is 1. The molecule has 8 heteroatoms. The van der Waals surface area contributed by atoms with E-state index in [2.05, 4.69) is 20.6 Å². The van der Waals surface area contributed by atoms with Crippen LogP contribution in [0, 0.1) is 0 Å². The standard InChI is InChI=1S/C20H19Cl2N5O/c21-16-4-3-11(8-17(16)22)12-6-14(19(23)28)18-15(7-12)20(26-10-25-18)27-13-2-1-5-24-9-13/h3-4,6-8,10,13,24H,1-2,5,9H2,(H2,23,28)(H,25,26,27)/t13-/m0/s1. The summed E-state index contributed by atoms with van der Waals surface area (Å²) in [5, 5.41) is 8.50. The van der Waals surface area contributed by atoms with E-state index < -0.39 is 5.91 Å². The molecule has 0 saturated carbocycles. The number of aromatic nitrogens is 2. The molecule has 0 aliphatic carbocycles. The third-order valence-electron chi connectivity index (χ3n) is 4.89. The molecule has 4 N–H and O–H groups in total. The van der Waals surface area contributed by atoms with Gasteiger partial charge >= 0.3 is 0 Å². The zero-order valence-electron chi connectivity index (χ0n) is 15.0. The summed E-state index contributed by atoms with van der Waals surface area (Å²) in [4.78, 5) is 20.8. The Hall–Kier alpha value is -2.41. The van der Waals surface area contributed by atoms with Crippen LogP contribution in [0.2, 0.25) is 10.0 Å². The summed E-state index contributed by atoms with van der Waals surface area (Å²) in [6.45, 7) is 1.89. The van der Waals surface area contributed by atoms with E-state index in [4.69, 9.17) is 28.9 Å². The number of primary amides is 1. The van der Waals surface area contributed by atoms with Crippen molar-refractivity contribution in [3.63, 3.8) is 0 Å². The molecule has 1 atom stereocenters. The normalized spacial score (nSPS) is 16.9. The van der Waals surface area contributed by atoms with E-state index in [1.54, 1.807) is 18.2 Å². The molecule has 28 heavy (non-hydrogen) atoms. The van der Waals surface area contributed by atoms with Crippen molar-refractivity contribution in [3.05, 3.63) is 52.3 Å². The monoisotopic (exact) mass is 415 g/mol.